The van der Waals surface area contributed by atoms with Gasteiger partial charge in [0.25, 0.3) is 0 Å². The topological polar surface area (TPSA) is 66.9 Å². The summed E-state index contributed by atoms with van der Waals surface area (Å²) in [6, 6.07) is 16.4. The maximum atomic E-state index is 13.7. The molecule has 0 radical (unpaired) electrons. The minimum Gasteiger partial charge on any atom is -0.491 e. The number of fused-ring (bicyclic) bond motifs is 1. The molecule has 0 unspecified atom stereocenters. The summed E-state index contributed by atoms with van der Waals surface area (Å²) in [5, 5.41) is 2.05. The quantitative estimate of drug-likeness (QED) is 0.440. The normalized spacial score (nSPS) is 17.9. The number of sulfonamides is 1. The van der Waals surface area contributed by atoms with E-state index in [9.17, 15) is 13.2 Å². The number of thiophene rings is 1. The third kappa shape index (κ3) is 5.01. The number of carbonyl (C=O) groups excluding carboxylic acids is 1. The van der Waals surface area contributed by atoms with Gasteiger partial charge in [0, 0.05) is 17.5 Å². The van der Waals surface area contributed by atoms with Crippen molar-refractivity contribution in [1.82, 2.24) is 9.21 Å². The maximum Gasteiger partial charge on any atom is 0.243 e. The van der Waals surface area contributed by atoms with Gasteiger partial charge in [-0.25, -0.2) is 8.42 Å². The Kier molecular flexibility index (Phi) is 6.70. The highest BCUT2D eigenvalue weighted by atomic mass is 32.2. The van der Waals surface area contributed by atoms with E-state index >= 15 is 0 Å². The number of para-hydroxylation sites is 1. The van der Waals surface area contributed by atoms with E-state index in [0.29, 0.717) is 13.2 Å². The third-order valence-electron chi connectivity index (χ3n) is 6.78. The first kappa shape index (κ1) is 24.0. The highest BCUT2D eigenvalue weighted by Crippen LogP contribution is 2.36. The van der Waals surface area contributed by atoms with Crippen molar-refractivity contribution in [3.05, 3.63) is 81.5 Å². The first-order valence-electron chi connectivity index (χ1n) is 12.0. The lowest BCUT2D eigenvalue weighted by Gasteiger charge is -2.37. The van der Waals surface area contributed by atoms with Gasteiger partial charge in [-0.1, -0.05) is 35.9 Å². The number of benzene rings is 2. The van der Waals surface area contributed by atoms with Crippen molar-refractivity contribution in [3.8, 4) is 5.75 Å². The SMILES string of the molecule is Cc1ccc(S(=O)(=O)N(CC(=O)N2CCc3sccc3[C@H]2COc2ccccc2C)C2CC2)cc1. The van der Waals surface area contributed by atoms with Gasteiger partial charge in [-0.05, 0) is 73.9 Å². The van der Waals surface area contributed by atoms with E-state index < -0.39 is 10.0 Å². The molecule has 184 valence electrons. The fraction of sp³-hybridized carbons (Fsp3) is 0.370. The zero-order valence-corrected chi connectivity index (χ0v) is 21.6. The maximum absolute atomic E-state index is 13.7. The number of nitrogens with zero attached hydrogens (tertiary/aromatic N) is 2. The molecule has 2 aliphatic rings. The van der Waals surface area contributed by atoms with Gasteiger partial charge >= 0.3 is 0 Å². The Hall–Kier alpha value is -2.68. The molecule has 6 nitrogen and oxygen atoms in total. The molecule has 0 saturated heterocycles. The standard InChI is InChI=1S/C27H30N2O4S2/c1-19-7-11-22(12-8-19)35(31,32)29(21-9-10-21)17-27(30)28-15-13-26-23(14-16-34-26)24(28)18-33-25-6-4-3-5-20(25)2/h3-8,11-12,14,16,21,24H,9-10,13,15,17-18H2,1-2H3/t24-/m1/s1. The summed E-state index contributed by atoms with van der Waals surface area (Å²) in [6.45, 7) is 4.65. The lowest BCUT2D eigenvalue weighted by Crippen LogP contribution is -2.48. The van der Waals surface area contributed by atoms with Crippen LogP contribution < -0.4 is 4.74 Å². The summed E-state index contributed by atoms with van der Waals surface area (Å²) in [6.07, 6.45) is 2.34. The van der Waals surface area contributed by atoms with Crippen LogP contribution in [0.4, 0.5) is 0 Å². The van der Waals surface area contributed by atoms with Gasteiger partial charge in [0.1, 0.15) is 12.4 Å². The highest BCUT2D eigenvalue weighted by Gasteiger charge is 2.41. The van der Waals surface area contributed by atoms with E-state index in [4.69, 9.17) is 4.74 Å². The fourth-order valence-electron chi connectivity index (χ4n) is 4.60. The van der Waals surface area contributed by atoms with Crippen molar-refractivity contribution in [2.75, 3.05) is 19.7 Å². The van der Waals surface area contributed by atoms with Crippen molar-refractivity contribution in [1.29, 1.82) is 0 Å². The van der Waals surface area contributed by atoms with E-state index in [1.807, 2.05) is 43.0 Å². The second kappa shape index (κ2) is 9.76. The largest absolute Gasteiger partial charge is 0.491 e. The number of rotatable bonds is 8. The molecule has 1 fully saturated rings. The lowest BCUT2D eigenvalue weighted by atomic mass is 10.0. The molecule has 0 spiro atoms. The number of carbonyl (C=O) groups is 1. The molecule has 1 aliphatic carbocycles. The first-order valence-corrected chi connectivity index (χ1v) is 14.3. The monoisotopic (exact) mass is 510 g/mol. The van der Waals surface area contributed by atoms with Crippen LogP contribution in [-0.4, -0.2) is 49.3 Å². The van der Waals surface area contributed by atoms with Gasteiger partial charge in [0.2, 0.25) is 15.9 Å². The molecule has 8 heteroatoms. The second-order valence-corrected chi connectivity index (χ2v) is 12.2. The summed E-state index contributed by atoms with van der Waals surface area (Å²) >= 11 is 1.70. The van der Waals surface area contributed by atoms with E-state index in [1.165, 1.54) is 9.18 Å². The third-order valence-corrected chi connectivity index (χ3v) is 9.69. The van der Waals surface area contributed by atoms with Crippen molar-refractivity contribution in [2.24, 2.45) is 0 Å². The van der Waals surface area contributed by atoms with Gasteiger partial charge in [-0.3, -0.25) is 4.79 Å². The number of hydrogen-bond donors (Lipinski definition) is 0. The molecule has 5 rings (SSSR count). The lowest BCUT2D eigenvalue weighted by molar-refractivity contribution is -0.135. The van der Waals surface area contributed by atoms with E-state index in [2.05, 4.69) is 11.4 Å². The van der Waals surface area contributed by atoms with Crippen LogP contribution in [-0.2, 0) is 21.2 Å². The van der Waals surface area contributed by atoms with E-state index in [1.54, 1.807) is 35.6 Å². The van der Waals surface area contributed by atoms with Gasteiger partial charge in [0.05, 0.1) is 17.5 Å². The summed E-state index contributed by atoms with van der Waals surface area (Å²) in [4.78, 5) is 17.0. The minimum absolute atomic E-state index is 0.117. The Morgan fingerprint density at radius 3 is 2.54 bits per heavy atom. The second-order valence-electron chi connectivity index (χ2n) is 9.32. The number of hydrogen-bond acceptors (Lipinski definition) is 5. The van der Waals surface area contributed by atoms with Crippen molar-refractivity contribution in [3.63, 3.8) is 0 Å². The van der Waals surface area contributed by atoms with Gasteiger partial charge in [-0.2, -0.15) is 4.31 Å². The molecule has 35 heavy (non-hydrogen) atoms. The molecule has 1 aliphatic heterocycles. The Bertz CT molecular complexity index is 1310. The van der Waals surface area contributed by atoms with Gasteiger partial charge in [0.15, 0.2) is 0 Å². The Labute approximate surface area is 211 Å². The molecule has 3 aromatic rings. The Morgan fingerprint density at radius 1 is 1.09 bits per heavy atom. The smallest absolute Gasteiger partial charge is 0.243 e. The van der Waals surface area contributed by atoms with Crippen LogP contribution in [0.5, 0.6) is 5.75 Å². The zero-order valence-electron chi connectivity index (χ0n) is 20.0. The van der Waals surface area contributed by atoms with Crippen molar-refractivity contribution >= 4 is 27.3 Å². The predicted molar refractivity (Wildman–Crippen MR) is 137 cm³/mol. The van der Waals surface area contributed by atoms with Crippen LogP contribution in [0.25, 0.3) is 0 Å². The van der Waals surface area contributed by atoms with Gasteiger partial charge in [-0.15, -0.1) is 11.3 Å². The molecular formula is C27H30N2O4S2. The molecule has 0 N–H and O–H groups in total. The fourth-order valence-corrected chi connectivity index (χ4v) is 7.17. The Balaban J connectivity index is 1.38. The summed E-state index contributed by atoms with van der Waals surface area (Å²) < 4.78 is 34.5. The molecule has 0 bridgehead atoms. The Morgan fingerprint density at radius 2 is 1.83 bits per heavy atom. The summed E-state index contributed by atoms with van der Waals surface area (Å²) in [7, 11) is -3.76. The molecule has 1 saturated carbocycles. The summed E-state index contributed by atoms with van der Waals surface area (Å²) in [5.41, 5.74) is 3.13. The molecular weight excluding hydrogens is 480 g/mol. The van der Waals surface area contributed by atoms with E-state index in [-0.39, 0.29) is 29.4 Å². The van der Waals surface area contributed by atoms with E-state index in [0.717, 1.165) is 41.7 Å². The molecule has 2 heterocycles. The molecule has 1 aromatic heterocycles. The number of aryl methyl sites for hydroxylation is 2. The zero-order chi connectivity index (χ0) is 24.6. The minimum atomic E-state index is -3.76. The molecule has 2 aromatic carbocycles. The summed E-state index contributed by atoms with van der Waals surface area (Å²) in [5.74, 6) is 0.617. The highest BCUT2D eigenvalue weighted by molar-refractivity contribution is 7.89. The number of ether oxygens (including phenoxy) is 1. The van der Waals surface area contributed by atoms with Crippen molar-refractivity contribution in [2.45, 2.75) is 50.1 Å². The number of amides is 1. The van der Waals surface area contributed by atoms with Crippen LogP contribution in [0.3, 0.4) is 0 Å². The van der Waals surface area contributed by atoms with Crippen molar-refractivity contribution < 1.29 is 17.9 Å². The first-order chi connectivity index (χ1) is 16.8. The average Bonchev–Trinajstić information content (AvgIpc) is 3.57. The van der Waals surface area contributed by atoms with Crippen LogP contribution >= 0.6 is 11.3 Å². The van der Waals surface area contributed by atoms with Crippen LogP contribution in [0.1, 0.15) is 40.5 Å². The average molecular weight is 511 g/mol. The van der Waals surface area contributed by atoms with Crippen LogP contribution in [0.2, 0.25) is 0 Å². The van der Waals surface area contributed by atoms with Crippen LogP contribution in [0.15, 0.2) is 64.9 Å². The molecule has 1 amide bonds. The predicted octanol–water partition coefficient (Wildman–Crippen LogP) is 4.72. The van der Waals surface area contributed by atoms with Gasteiger partial charge < -0.3 is 9.64 Å². The molecule has 1 atom stereocenters. The van der Waals surface area contributed by atoms with Crippen LogP contribution in [0, 0.1) is 13.8 Å².